The summed E-state index contributed by atoms with van der Waals surface area (Å²) in [6.07, 6.45) is 9.00. The van der Waals surface area contributed by atoms with E-state index in [9.17, 15) is 9.59 Å². The van der Waals surface area contributed by atoms with Crippen molar-refractivity contribution in [2.24, 2.45) is 17.1 Å². The maximum atomic E-state index is 12.9. The van der Waals surface area contributed by atoms with Crippen molar-refractivity contribution in [3.05, 3.63) is 66.2 Å². The fourth-order valence-corrected chi connectivity index (χ4v) is 4.99. The number of benzene rings is 2. The predicted molar refractivity (Wildman–Crippen MR) is 126 cm³/mol. The summed E-state index contributed by atoms with van der Waals surface area (Å²) < 4.78 is 5.23. The number of carbonyl (C=O) groups is 2. The molecule has 1 heterocycles. The smallest absolute Gasteiger partial charge is 0.225 e. The molecule has 4 rings (SSSR count). The van der Waals surface area contributed by atoms with Crippen molar-refractivity contribution >= 4 is 11.8 Å². The molecule has 32 heavy (non-hydrogen) atoms. The van der Waals surface area contributed by atoms with E-state index < -0.39 is 5.41 Å². The summed E-state index contributed by atoms with van der Waals surface area (Å²) in [5, 5.41) is 0. The molecule has 168 valence electrons. The normalized spacial score (nSPS) is 22.7. The monoisotopic (exact) mass is 432 g/mol. The van der Waals surface area contributed by atoms with Crippen molar-refractivity contribution in [1.29, 1.82) is 0 Å². The van der Waals surface area contributed by atoms with Crippen LogP contribution in [0.5, 0.6) is 5.75 Å². The first-order chi connectivity index (χ1) is 15.5. The number of ether oxygens (including phenoxy) is 1. The number of primary amides is 1. The molecule has 2 amide bonds. The van der Waals surface area contributed by atoms with E-state index in [0.29, 0.717) is 31.8 Å². The summed E-state index contributed by atoms with van der Waals surface area (Å²) >= 11 is 0. The Labute approximate surface area is 190 Å². The Hall–Kier alpha value is -3.08. The number of carbonyl (C=O) groups excluding carboxylic acids is 2. The lowest BCUT2D eigenvalue weighted by molar-refractivity contribution is -0.140. The third-order valence-corrected chi connectivity index (χ3v) is 6.92. The van der Waals surface area contributed by atoms with Crippen LogP contribution in [0.2, 0.25) is 0 Å². The van der Waals surface area contributed by atoms with Gasteiger partial charge in [-0.25, -0.2) is 0 Å². The number of nitrogens with zero attached hydrogens (tertiary/aromatic N) is 1. The number of nitrogens with two attached hydrogens (primary N) is 1. The average Bonchev–Trinajstić information content (AvgIpc) is 3.33. The molecular formula is C27H32N2O3. The Morgan fingerprint density at radius 1 is 1.09 bits per heavy atom. The van der Waals surface area contributed by atoms with Crippen LogP contribution in [0.1, 0.15) is 37.7 Å². The zero-order valence-corrected chi connectivity index (χ0v) is 18.8. The number of allylic oxidation sites excluding steroid dienone is 2. The first-order valence-corrected chi connectivity index (χ1v) is 11.5. The Bertz CT molecular complexity index is 981. The lowest BCUT2D eigenvalue weighted by Crippen LogP contribution is -2.53. The molecule has 1 saturated heterocycles. The summed E-state index contributed by atoms with van der Waals surface area (Å²) in [6.45, 7) is 1.12. The molecule has 5 heteroatoms. The molecule has 5 nitrogen and oxygen atoms in total. The number of hydrogen-bond acceptors (Lipinski definition) is 3. The quantitative estimate of drug-likeness (QED) is 0.661. The van der Waals surface area contributed by atoms with Crippen molar-refractivity contribution in [3.63, 3.8) is 0 Å². The van der Waals surface area contributed by atoms with E-state index in [1.165, 1.54) is 0 Å². The minimum Gasteiger partial charge on any atom is -0.497 e. The summed E-state index contributed by atoms with van der Waals surface area (Å²) in [5.41, 5.74) is 8.50. The number of hydrogen-bond donors (Lipinski definition) is 1. The van der Waals surface area contributed by atoms with Gasteiger partial charge in [0.1, 0.15) is 5.75 Å². The second-order valence-electron chi connectivity index (χ2n) is 9.14. The van der Waals surface area contributed by atoms with Gasteiger partial charge >= 0.3 is 0 Å². The zero-order chi connectivity index (χ0) is 22.6. The summed E-state index contributed by atoms with van der Waals surface area (Å²) in [7, 11) is 1.66. The second-order valence-corrected chi connectivity index (χ2v) is 9.14. The maximum absolute atomic E-state index is 12.9. The largest absolute Gasteiger partial charge is 0.497 e. The molecule has 2 aromatic carbocycles. The van der Waals surface area contributed by atoms with Crippen molar-refractivity contribution in [1.82, 2.24) is 4.90 Å². The average molecular weight is 433 g/mol. The molecule has 0 spiro atoms. The fraction of sp³-hybridized carbons (Fsp3) is 0.407. The van der Waals surface area contributed by atoms with Crippen molar-refractivity contribution in [3.8, 4) is 16.9 Å². The molecule has 2 unspecified atom stereocenters. The molecule has 0 bridgehead atoms. The van der Waals surface area contributed by atoms with Crippen LogP contribution >= 0.6 is 0 Å². The van der Waals surface area contributed by atoms with E-state index >= 15 is 0 Å². The van der Waals surface area contributed by atoms with Gasteiger partial charge in [-0.1, -0.05) is 48.6 Å². The molecule has 2 aliphatic rings. The van der Waals surface area contributed by atoms with Gasteiger partial charge in [0.15, 0.2) is 0 Å². The highest BCUT2D eigenvalue weighted by Crippen LogP contribution is 2.35. The molecule has 0 radical (unpaired) electrons. The van der Waals surface area contributed by atoms with Gasteiger partial charge in [0.2, 0.25) is 11.8 Å². The highest BCUT2D eigenvalue weighted by molar-refractivity contribution is 5.84. The van der Waals surface area contributed by atoms with Gasteiger partial charge in [-0.05, 0) is 66.8 Å². The third kappa shape index (κ3) is 4.87. The number of likely N-dealkylation sites (tertiary alicyclic amines) is 1. The molecule has 0 aromatic heterocycles. The van der Waals surface area contributed by atoms with Gasteiger partial charge in [0, 0.05) is 19.5 Å². The van der Waals surface area contributed by atoms with Gasteiger partial charge in [0.05, 0.1) is 12.5 Å². The number of methoxy groups -OCH3 is 1. The van der Waals surface area contributed by atoms with E-state index in [1.54, 1.807) is 7.11 Å². The zero-order valence-electron chi connectivity index (χ0n) is 18.8. The Balaban J connectivity index is 1.46. The lowest BCUT2D eigenvalue weighted by atomic mass is 9.74. The van der Waals surface area contributed by atoms with Gasteiger partial charge < -0.3 is 15.4 Å². The van der Waals surface area contributed by atoms with E-state index in [1.807, 2.05) is 29.2 Å². The lowest BCUT2D eigenvalue weighted by Gasteiger charge is -2.41. The first-order valence-electron chi connectivity index (χ1n) is 11.5. The molecule has 1 aliphatic carbocycles. The summed E-state index contributed by atoms with van der Waals surface area (Å²) in [6, 6.07) is 16.2. The number of amides is 2. The van der Waals surface area contributed by atoms with Crippen LogP contribution in [0.15, 0.2) is 60.7 Å². The van der Waals surface area contributed by atoms with E-state index in [0.717, 1.165) is 48.1 Å². The van der Waals surface area contributed by atoms with Crippen molar-refractivity contribution in [2.75, 3.05) is 20.2 Å². The maximum Gasteiger partial charge on any atom is 0.225 e. The Morgan fingerprint density at radius 2 is 1.78 bits per heavy atom. The fourth-order valence-electron chi connectivity index (χ4n) is 4.99. The van der Waals surface area contributed by atoms with E-state index in [4.69, 9.17) is 10.5 Å². The van der Waals surface area contributed by atoms with Crippen LogP contribution < -0.4 is 10.5 Å². The SMILES string of the molecule is COc1ccc(-c2ccc(CC3(C(N)=O)CCCN(C(=O)CC4C=CCC4)C3)cc2)cc1. The van der Waals surface area contributed by atoms with Gasteiger partial charge in [-0.2, -0.15) is 0 Å². The Morgan fingerprint density at radius 3 is 2.38 bits per heavy atom. The number of piperidine rings is 1. The minimum absolute atomic E-state index is 0.140. The summed E-state index contributed by atoms with van der Waals surface area (Å²) in [4.78, 5) is 27.4. The molecule has 1 fully saturated rings. The molecule has 2 N–H and O–H groups in total. The standard InChI is InChI=1S/C27H32N2O3/c1-32-24-13-11-23(12-14-24)22-9-7-21(8-10-22)18-27(26(28)31)15-4-16-29(19-27)25(30)17-20-5-2-3-6-20/h2,5,7-14,20H,3-4,6,15-19H2,1H3,(H2,28,31). The van der Waals surface area contributed by atoms with Gasteiger partial charge in [-0.3, -0.25) is 9.59 Å². The highest BCUT2D eigenvalue weighted by Gasteiger charge is 2.42. The predicted octanol–water partition coefficient (Wildman–Crippen LogP) is 4.36. The third-order valence-electron chi connectivity index (χ3n) is 6.92. The number of rotatable bonds is 7. The van der Waals surface area contributed by atoms with E-state index in [-0.39, 0.29) is 11.8 Å². The molecule has 1 aliphatic heterocycles. The van der Waals surface area contributed by atoms with Crippen molar-refractivity contribution < 1.29 is 14.3 Å². The van der Waals surface area contributed by atoms with E-state index in [2.05, 4.69) is 36.4 Å². The topological polar surface area (TPSA) is 72.6 Å². The van der Waals surface area contributed by atoms with Gasteiger partial charge in [-0.15, -0.1) is 0 Å². The van der Waals surface area contributed by atoms with Gasteiger partial charge in [0.25, 0.3) is 0 Å². The molecule has 0 saturated carbocycles. The van der Waals surface area contributed by atoms with Crippen LogP contribution in [0.4, 0.5) is 0 Å². The highest BCUT2D eigenvalue weighted by atomic mass is 16.5. The summed E-state index contributed by atoms with van der Waals surface area (Å²) in [5.74, 6) is 0.990. The van der Waals surface area contributed by atoms with Crippen molar-refractivity contribution in [2.45, 2.75) is 38.5 Å². The van der Waals surface area contributed by atoms with Crippen LogP contribution in [0.3, 0.4) is 0 Å². The molecular weight excluding hydrogens is 400 g/mol. The molecule has 2 atom stereocenters. The van der Waals surface area contributed by atoms with Crippen LogP contribution in [0, 0.1) is 11.3 Å². The Kier molecular flexibility index (Phi) is 6.63. The first kappa shape index (κ1) is 22.1. The molecule has 2 aromatic rings. The van der Waals surface area contributed by atoms with Crippen LogP contribution in [0.25, 0.3) is 11.1 Å². The second kappa shape index (κ2) is 9.60. The minimum atomic E-state index is -0.707. The van der Waals surface area contributed by atoms with Crippen LogP contribution in [-0.2, 0) is 16.0 Å². The van der Waals surface area contributed by atoms with Crippen LogP contribution in [-0.4, -0.2) is 36.9 Å².